The smallest absolute Gasteiger partial charge is 0.267 e. The summed E-state index contributed by atoms with van der Waals surface area (Å²) in [5.41, 5.74) is 0.995. The third-order valence-corrected chi connectivity index (χ3v) is 7.07. The number of hydrogen-bond acceptors (Lipinski definition) is 3. The molecular formula is C19H17Cl2NO2S. The summed E-state index contributed by atoms with van der Waals surface area (Å²) in [5, 5.41) is 0.248. The molecule has 3 nitrogen and oxygen atoms in total. The average Bonchev–Trinajstić information content (AvgIpc) is 2.74. The van der Waals surface area contributed by atoms with Gasteiger partial charge in [0, 0.05) is 10.1 Å². The number of thioether (sulfide) groups is 1. The van der Waals surface area contributed by atoms with E-state index in [0.29, 0.717) is 6.42 Å². The molecule has 0 bridgehead atoms. The lowest BCUT2D eigenvalue weighted by atomic mass is 9.72. The van der Waals surface area contributed by atoms with Crippen molar-refractivity contribution in [3.63, 3.8) is 0 Å². The lowest BCUT2D eigenvalue weighted by Gasteiger charge is -2.59. The molecule has 0 saturated carbocycles. The Kier molecular flexibility index (Phi) is 3.98. The van der Waals surface area contributed by atoms with E-state index < -0.39 is 9.87 Å². The lowest BCUT2D eigenvalue weighted by Crippen LogP contribution is -2.76. The summed E-state index contributed by atoms with van der Waals surface area (Å²) in [4.78, 5) is 15.7. The summed E-state index contributed by atoms with van der Waals surface area (Å²) in [7, 11) is 1.63. The Bertz CT molecular complexity index is 840. The molecule has 0 radical (unpaired) electrons. The number of methoxy groups -OCH3 is 1. The average molecular weight is 394 g/mol. The molecule has 0 spiro atoms. The van der Waals surface area contributed by atoms with Gasteiger partial charge in [0.05, 0.1) is 12.8 Å². The first-order valence-corrected chi connectivity index (χ1v) is 9.68. The van der Waals surface area contributed by atoms with Gasteiger partial charge in [0.1, 0.15) is 11.3 Å². The number of anilines is 1. The predicted octanol–water partition coefficient (Wildman–Crippen LogP) is 5.00. The number of para-hydroxylation sites is 1. The maximum absolute atomic E-state index is 12.9. The highest BCUT2D eigenvalue weighted by Gasteiger charge is 2.72. The third-order valence-electron chi connectivity index (χ3n) is 4.96. The highest BCUT2D eigenvalue weighted by Crippen LogP contribution is 2.63. The predicted molar refractivity (Wildman–Crippen MR) is 103 cm³/mol. The molecule has 1 saturated heterocycles. The molecule has 2 aliphatic rings. The Morgan fingerprint density at radius 2 is 1.84 bits per heavy atom. The van der Waals surface area contributed by atoms with Crippen LogP contribution in [0.25, 0.3) is 0 Å². The van der Waals surface area contributed by atoms with E-state index in [1.165, 1.54) is 0 Å². The molecule has 2 aliphatic heterocycles. The quantitative estimate of drug-likeness (QED) is 0.531. The zero-order chi connectivity index (χ0) is 17.8. The van der Waals surface area contributed by atoms with Gasteiger partial charge in [-0.05, 0) is 36.2 Å². The molecule has 4 rings (SSSR count). The van der Waals surface area contributed by atoms with Crippen LogP contribution < -0.4 is 9.64 Å². The fourth-order valence-corrected chi connectivity index (χ4v) is 5.73. The number of fused-ring (bicyclic) bond motifs is 3. The highest BCUT2D eigenvalue weighted by atomic mass is 35.5. The van der Waals surface area contributed by atoms with Gasteiger partial charge in [-0.25, -0.2) is 0 Å². The number of carbonyl (C=O) groups excluding carboxylic acids is 1. The van der Waals surface area contributed by atoms with E-state index in [1.54, 1.807) is 23.8 Å². The molecule has 25 heavy (non-hydrogen) atoms. The normalized spacial score (nSPS) is 27.0. The Labute approximate surface area is 161 Å². The largest absolute Gasteiger partial charge is 0.497 e. The summed E-state index contributed by atoms with van der Waals surface area (Å²) in [5.74, 6) is 0.484. The highest BCUT2D eigenvalue weighted by molar-refractivity contribution is 8.00. The summed E-state index contributed by atoms with van der Waals surface area (Å²) in [6.07, 6.45) is 0.664. The number of amides is 1. The van der Waals surface area contributed by atoms with Crippen LogP contribution in [0.2, 0.25) is 0 Å². The van der Waals surface area contributed by atoms with Crippen LogP contribution in [0.5, 0.6) is 5.75 Å². The Balaban J connectivity index is 1.94. The second-order valence-corrected chi connectivity index (χ2v) is 9.21. The van der Waals surface area contributed by atoms with Crippen LogP contribution in [-0.2, 0) is 10.3 Å². The Hall–Kier alpha value is -1.36. The summed E-state index contributed by atoms with van der Waals surface area (Å²) < 4.78 is 3.77. The van der Waals surface area contributed by atoms with Crippen LogP contribution in [-0.4, -0.2) is 22.6 Å². The monoisotopic (exact) mass is 393 g/mol. The SMILES string of the molecule is COc1ccc([C@]23C[C@H](C)Sc4ccccc4N2C(=O)C3(Cl)Cl)cc1. The molecule has 2 aromatic carbocycles. The fourth-order valence-electron chi connectivity index (χ4n) is 3.82. The van der Waals surface area contributed by atoms with E-state index in [2.05, 4.69) is 6.92 Å². The molecular weight excluding hydrogens is 377 g/mol. The maximum Gasteiger partial charge on any atom is 0.267 e. The van der Waals surface area contributed by atoms with E-state index in [1.807, 2.05) is 48.5 Å². The maximum atomic E-state index is 12.9. The number of nitrogens with zero attached hydrogens (tertiary/aromatic N) is 1. The fraction of sp³-hybridized carbons (Fsp3) is 0.316. The van der Waals surface area contributed by atoms with Gasteiger partial charge < -0.3 is 4.74 Å². The van der Waals surface area contributed by atoms with Gasteiger partial charge in [-0.1, -0.05) is 54.4 Å². The third kappa shape index (κ3) is 2.24. The zero-order valence-corrected chi connectivity index (χ0v) is 16.2. The van der Waals surface area contributed by atoms with Gasteiger partial charge in [-0.2, -0.15) is 0 Å². The van der Waals surface area contributed by atoms with Crippen molar-refractivity contribution < 1.29 is 9.53 Å². The van der Waals surface area contributed by atoms with Crippen LogP contribution >= 0.6 is 35.0 Å². The van der Waals surface area contributed by atoms with Crippen LogP contribution in [0.1, 0.15) is 18.9 Å². The van der Waals surface area contributed by atoms with Crippen molar-refractivity contribution in [2.75, 3.05) is 12.0 Å². The van der Waals surface area contributed by atoms with Gasteiger partial charge in [0.25, 0.3) is 5.91 Å². The lowest BCUT2D eigenvalue weighted by molar-refractivity contribution is -0.129. The number of halogens is 2. The zero-order valence-electron chi connectivity index (χ0n) is 13.8. The Morgan fingerprint density at radius 1 is 1.16 bits per heavy atom. The minimum Gasteiger partial charge on any atom is -0.497 e. The van der Waals surface area contributed by atoms with Crippen molar-refractivity contribution in [3.05, 3.63) is 54.1 Å². The first-order valence-electron chi connectivity index (χ1n) is 8.04. The van der Waals surface area contributed by atoms with Crippen LogP contribution in [0.4, 0.5) is 5.69 Å². The molecule has 2 aromatic rings. The standard InChI is InChI=1S/C19H17Cl2NO2S/c1-12-11-18(13-7-9-14(24-2)10-8-13)19(20,21)17(23)22(18)15-5-3-4-6-16(15)25-12/h3-10,12H,11H2,1-2H3/t12-,18-/m0/s1. The molecule has 2 heterocycles. The second-order valence-electron chi connectivity index (χ2n) is 6.40. The summed E-state index contributed by atoms with van der Waals surface area (Å²) >= 11 is 15.0. The number of β-lactam (4-membered cyclic amide) rings is 1. The molecule has 1 amide bonds. The van der Waals surface area contributed by atoms with E-state index >= 15 is 0 Å². The topological polar surface area (TPSA) is 29.5 Å². The van der Waals surface area contributed by atoms with E-state index in [0.717, 1.165) is 21.9 Å². The molecule has 0 aromatic heterocycles. The minimum atomic E-state index is -1.49. The van der Waals surface area contributed by atoms with Gasteiger partial charge >= 0.3 is 0 Å². The van der Waals surface area contributed by atoms with Crippen LogP contribution in [0.15, 0.2) is 53.4 Å². The molecule has 0 unspecified atom stereocenters. The molecule has 0 aliphatic carbocycles. The van der Waals surface area contributed by atoms with Crippen molar-refractivity contribution in [3.8, 4) is 5.75 Å². The van der Waals surface area contributed by atoms with Crippen molar-refractivity contribution in [2.24, 2.45) is 0 Å². The van der Waals surface area contributed by atoms with Crippen LogP contribution in [0, 0.1) is 0 Å². The van der Waals surface area contributed by atoms with E-state index in [9.17, 15) is 4.79 Å². The van der Waals surface area contributed by atoms with Gasteiger partial charge in [0.15, 0.2) is 0 Å². The first kappa shape index (κ1) is 17.1. The van der Waals surface area contributed by atoms with Crippen molar-refractivity contribution >= 4 is 46.6 Å². The first-order chi connectivity index (χ1) is 11.9. The minimum absolute atomic E-state index is 0.248. The van der Waals surface area contributed by atoms with Gasteiger partial charge in [-0.3, -0.25) is 9.69 Å². The number of hydrogen-bond donors (Lipinski definition) is 0. The molecule has 0 N–H and O–H groups in total. The van der Waals surface area contributed by atoms with Gasteiger partial charge in [-0.15, -0.1) is 11.8 Å². The second kappa shape index (κ2) is 5.83. The Morgan fingerprint density at radius 3 is 2.52 bits per heavy atom. The molecule has 1 fully saturated rings. The molecule has 130 valence electrons. The number of benzene rings is 2. The number of ether oxygens (including phenoxy) is 1. The molecule has 6 heteroatoms. The number of alkyl halides is 2. The summed E-state index contributed by atoms with van der Waals surface area (Å²) in [6, 6.07) is 15.6. The van der Waals surface area contributed by atoms with Crippen molar-refractivity contribution in [1.29, 1.82) is 0 Å². The van der Waals surface area contributed by atoms with E-state index in [-0.39, 0.29) is 11.2 Å². The molecule has 2 atom stereocenters. The van der Waals surface area contributed by atoms with Gasteiger partial charge in [0.2, 0.25) is 4.33 Å². The van der Waals surface area contributed by atoms with Crippen molar-refractivity contribution in [2.45, 2.75) is 33.4 Å². The van der Waals surface area contributed by atoms with E-state index in [4.69, 9.17) is 27.9 Å². The van der Waals surface area contributed by atoms with Crippen LogP contribution in [0.3, 0.4) is 0 Å². The summed E-state index contributed by atoms with van der Waals surface area (Å²) in [6.45, 7) is 2.14. The number of rotatable bonds is 2. The number of carbonyl (C=O) groups is 1. The van der Waals surface area contributed by atoms with Crippen molar-refractivity contribution in [1.82, 2.24) is 0 Å².